The van der Waals surface area contributed by atoms with Crippen molar-refractivity contribution in [1.82, 2.24) is 9.55 Å². The standard InChI is InChI=1S/C15H18N2/c1-12-7-8-14-10-16-15(17(14)11-12)9-13-5-3-2-4-6-13/h2-6,10,12H,7-9,11H2,1H3. The van der Waals surface area contributed by atoms with Crippen molar-refractivity contribution < 1.29 is 0 Å². The van der Waals surface area contributed by atoms with Gasteiger partial charge in [-0.2, -0.15) is 0 Å². The van der Waals surface area contributed by atoms with Crippen LogP contribution in [0, 0.1) is 5.92 Å². The lowest BCUT2D eigenvalue weighted by molar-refractivity contribution is 0.392. The minimum Gasteiger partial charge on any atom is -0.332 e. The molecule has 17 heavy (non-hydrogen) atoms. The van der Waals surface area contributed by atoms with Crippen LogP contribution in [0.4, 0.5) is 0 Å². The molecule has 2 aromatic rings. The van der Waals surface area contributed by atoms with E-state index in [9.17, 15) is 0 Å². The highest BCUT2D eigenvalue weighted by Gasteiger charge is 2.18. The van der Waals surface area contributed by atoms with Gasteiger partial charge in [0.2, 0.25) is 0 Å². The van der Waals surface area contributed by atoms with Crippen molar-refractivity contribution in [3.8, 4) is 0 Å². The molecule has 2 heteroatoms. The second kappa shape index (κ2) is 4.36. The van der Waals surface area contributed by atoms with Crippen molar-refractivity contribution in [3.05, 3.63) is 53.6 Å². The minimum atomic E-state index is 0.784. The third-order valence-electron chi connectivity index (χ3n) is 3.61. The highest BCUT2D eigenvalue weighted by Crippen LogP contribution is 2.22. The molecule has 0 spiro atoms. The Hall–Kier alpha value is -1.57. The zero-order valence-corrected chi connectivity index (χ0v) is 10.3. The van der Waals surface area contributed by atoms with Gasteiger partial charge in [-0.15, -0.1) is 0 Å². The number of aryl methyl sites for hydroxylation is 1. The van der Waals surface area contributed by atoms with E-state index in [4.69, 9.17) is 0 Å². The van der Waals surface area contributed by atoms with Crippen molar-refractivity contribution >= 4 is 0 Å². The van der Waals surface area contributed by atoms with Crippen LogP contribution in [0.25, 0.3) is 0 Å². The Morgan fingerprint density at radius 2 is 2.12 bits per heavy atom. The molecule has 2 nitrogen and oxygen atoms in total. The van der Waals surface area contributed by atoms with Crippen LogP contribution in [0.5, 0.6) is 0 Å². The first-order valence-electron chi connectivity index (χ1n) is 6.40. The molecule has 0 amide bonds. The molecule has 3 rings (SSSR count). The fourth-order valence-corrected chi connectivity index (χ4v) is 2.59. The summed E-state index contributed by atoms with van der Waals surface area (Å²) in [4.78, 5) is 4.59. The highest BCUT2D eigenvalue weighted by atomic mass is 15.1. The second-order valence-corrected chi connectivity index (χ2v) is 5.08. The van der Waals surface area contributed by atoms with E-state index in [0.717, 1.165) is 18.9 Å². The van der Waals surface area contributed by atoms with E-state index < -0.39 is 0 Å². The van der Waals surface area contributed by atoms with Crippen molar-refractivity contribution in [2.45, 2.75) is 32.7 Å². The SMILES string of the molecule is CC1CCc2cnc(Cc3ccccc3)n2C1. The van der Waals surface area contributed by atoms with Crippen molar-refractivity contribution in [3.63, 3.8) is 0 Å². The molecular formula is C15H18N2. The summed E-state index contributed by atoms with van der Waals surface area (Å²) in [7, 11) is 0. The molecule has 1 atom stereocenters. The number of nitrogens with zero attached hydrogens (tertiary/aromatic N) is 2. The van der Waals surface area contributed by atoms with E-state index in [1.807, 2.05) is 0 Å². The van der Waals surface area contributed by atoms with Gasteiger partial charge in [0, 0.05) is 24.9 Å². The summed E-state index contributed by atoms with van der Waals surface area (Å²) >= 11 is 0. The van der Waals surface area contributed by atoms with Gasteiger partial charge in [0.15, 0.2) is 0 Å². The smallest absolute Gasteiger partial charge is 0.113 e. The first kappa shape index (κ1) is 10.6. The first-order valence-corrected chi connectivity index (χ1v) is 6.40. The lowest BCUT2D eigenvalue weighted by atomic mass is 10.00. The predicted molar refractivity (Wildman–Crippen MR) is 69.0 cm³/mol. The summed E-state index contributed by atoms with van der Waals surface area (Å²) in [5.41, 5.74) is 2.76. The summed E-state index contributed by atoms with van der Waals surface area (Å²) in [5, 5.41) is 0. The van der Waals surface area contributed by atoms with Gasteiger partial charge in [0.05, 0.1) is 0 Å². The largest absolute Gasteiger partial charge is 0.332 e. The van der Waals surface area contributed by atoms with E-state index >= 15 is 0 Å². The molecule has 0 aliphatic carbocycles. The quantitative estimate of drug-likeness (QED) is 0.769. The Labute approximate surface area is 102 Å². The molecule has 0 N–H and O–H groups in total. The van der Waals surface area contributed by atoms with Gasteiger partial charge in [-0.25, -0.2) is 4.98 Å². The summed E-state index contributed by atoms with van der Waals surface area (Å²) < 4.78 is 2.42. The molecule has 0 fully saturated rings. The minimum absolute atomic E-state index is 0.784. The van der Waals surface area contributed by atoms with Crippen LogP contribution in [-0.2, 0) is 19.4 Å². The van der Waals surface area contributed by atoms with Crippen LogP contribution in [-0.4, -0.2) is 9.55 Å². The maximum absolute atomic E-state index is 4.59. The Kier molecular flexibility index (Phi) is 2.71. The van der Waals surface area contributed by atoms with E-state index in [1.165, 1.54) is 29.9 Å². The van der Waals surface area contributed by atoms with Crippen molar-refractivity contribution in [1.29, 1.82) is 0 Å². The number of benzene rings is 1. The Balaban J connectivity index is 1.87. The number of fused-ring (bicyclic) bond motifs is 1. The fourth-order valence-electron chi connectivity index (χ4n) is 2.59. The molecule has 0 radical (unpaired) electrons. The number of aromatic nitrogens is 2. The molecular weight excluding hydrogens is 208 g/mol. The molecule has 1 aromatic carbocycles. The number of hydrogen-bond acceptors (Lipinski definition) is 1. The van der Waals surface area contributed by atoms with E-state index in [-0.39, 0.29) is 0 Å². The van der Waals surface area contributed by atoms with Crippen LogP contribution < -0.4 is 0 Å². The molecule has 1 aliphatic rings. The summed E-state index contributed by atoms with van der Waals surface area (Å²) in [6.07, 6.45) is 5.50. The average Bonchev–Trinajstić information content (AvgIpc) is 2.73. The van der Waals surface area contributed by atoms with Gasteiger partial charge in [-0.3, -0.25) is 0 Å². The zero-order chi connectivity index (χ0) is 11.7. The third kappa shape index (κ3) is 2.12. The maximum atomic E-state index is 4.59. The Morgan fingerprint density at radius 3 is 2.94 bits per heavy atom. The normalized spacial score (nSPS) is 19.0. The summed E-state index contributed by atoms with van der Waals surface area (Å²) in [6.45, 7) is 3.47. The van der Waals surface area contributed by atoms with Gasteiger partial charge < -0.3 is 4.57 Å². The number of rotatable bonds is 2. The van der Waals surface area contributed by atoms with Crippen LogP contribution in [0.15, 0.2) is 36.5 Å². The molecule has 1 aliphatic heterocycles. The van der Waals surface area contributed by atoms with Gasteiger partial charge in [0.25, 0.3) is 0 Å². The van der Waals surface area contributed by atoms with Crippen molar-refractivity contribution in [2.75, 3.05) is 0 Å². The first-order chi connectivity index (χ1) is 8.33. The predicted octanol–water partition coefficient (Wildman–Crippen LogP) is 3.06. The monoisotopic (exact) mass is 226 g/mol. The van der Waals surface area contributed by atoms with Gasteiger partial charge in [-0.1, -0.05) is 37.3 Å². The average molecular weight is 226 g/mol. The fraction of sp³-hybridized carbons (Fsp3) is 0.400. The molecule has 0 saturated heterocycles. The van der Waals surface area contributed by atoms with E-state index in [1.54, 1.807) is 0 Å². The van der Waals surface area contributed by atoms with Crippen LogP contribution in [0.1, 0.15) is 30.4 Å². The van der Waals surface area contributed by atoms with Gasteiger partial charge in [0.1, 0.15) is 5.82 Å². The van der Waals surface area contributed by atoms with Crippen LogP contribution >= 0.6 is 0 Å². The molecule has 0 bridgehead atoms. The Bertz CT molecular complexity index is 499. The molecule has 88 valence electrons. The Morgan fingerprint density at radius 1 is 1.29 bits per heavy atom. The lowest BCUT2D eigenvalue weighted by Gasteiger charge is -2.22. The maximum Gasteiger partial charge on any atom is 0.113 e. The molecule has 1 unspecified atom stereocenters. The molecule has 0 saturated carbocycles. The number of hydrogen-bond donors (Lipinski definition) is 0. The third-order valence-corrected chi connectivity index (χ3v) is 3.61. The zero-order valence-electron chi connectivity index (χ0n) is 10.3. The molecule has 1 aromatic heterocycles. The van der Waals surface area contributed by atoms with Crippen LogP contribution in [0.3, 0.4) is 0 Å². The topological polar surface area (TPSA) is 17.8 Å². The summed E-state index contributed by atoms with van der Waals surface area (Å²) in [5.74, 6) is 2.00. The molecule has 2 heterocycles. The van der Waals surface area contributed by atoms with E-state index in [0.29, 0.717) is 0 Å². The van der Waals surface area contributed by atoms with Gasteiger partial charge in [-0.05, 0) is 24.3 Å². The van der Waals surface area contributed by atoms with E-state index in [2.05, 4.69) is 53.0 Å². The van der Waals surface area contributed by atoms with Gasteiger partial charge >= 0.3 is 0 Å². The van der Waals surface area contributed by atoms with Crippen molar-refractivity contribution in [2.24, 2.45) is 5.92 Å². The highest BCUT2D eigenvalue weighted by molar-refractivity contribution is 5.21. The summed E-state index contributed by atoms with van der Waals surface area (Å²) in [6, 6.07) is 10.6. The van der Waals surface area contributed by atoms with Crippen LogP contribution in [0.2, 0.25) is 0 Å². The lowest BCUT2D eigenvalue weighted by Crippen LogP contribution is -2.19. The number of imidazole rings is 1. The second-order valence-electron chi connectivity index (χ2n) is 5.08.